The van der Waals surface area contributed by atoms with Crippen molar-refractivity contribution >= 4 is 45.2 Å². The second-order valence-corrected chi connectivity index (χ2v) is 14.4. The van der Waals surface area contributed by atoms with Crippen LogP contribution < -0.4 is 5.32 Å². The normalized spacial score (nSPS) is 31.2. The Labute approximate surface area is 227 Å². The number of hydrogen-bond donors (Lipinski definition) is 2. The lowest BCUT2D eigenvalue weighted by molar-refractivity contribution is -0.118. The summed E-state index contributed by atoms with van der Waals surface area (Å²) < 4.78 is 0.855. The minimum absolute atomic E-state index is 0.0767. The highest BCUT2D eigenvalue weighted by Gasteiger charge is 2.48. The number of rotatable bonds is 10. The summed E-state index contributed by atoms with van der Waals surface area (Å²) in [7, 11) is 2.18. The van der Waals surface area contributed by atoms with Gasteiger partial charge in [-0.05, 0) is 101 Å². The Bertz CT molecular complexity index is 784. The van der Waals surface area contributed by atoms with Crippen LogP contribution in [-0.2, 0) is 4.79 Å². The molecule has 0 bridgehead atoms. The van der Waals surface area contributed by atoms with Gasteiger partial charge in [-0.2, -0.15) is 0 Å². The highest BCUT2D eigenvalue weighted by molar-refractivity contribution is 8.47. The summed E-state index contributed by atoms with van der Waals surface area (Å²) in [5.74, 6) is 2.97. The van der Waals surface area contributed by atoms with Crippen LogP contribution in [0.25, 0.3) is 0 Å². The first-order chi connectivity index (χ1) is 16.8. The number of aliphatic hydroxyl groups is 1. The summed E-state index contributed by atoms with van der Waals surface area (Å²) in [4.78, 5) is 14.4. The zero-order chi connectivity index (χ0) is 25.3. The maximum atomic E-state index is 12.1. The molecule has 0 aliphatic heterocycles. The van der Waals surface area contributed by atoms with Crippen LogP contribution in [0.3, 0.4) is 0 Å². The van der Waals surface area contributed by atoms with E-state index >= 15 is 0 Å². The lowest BCUT2D eigenvalue weighted by Crippen LogP contribution is -2.37. The molecule has 3 saturated carbocycles. The van der Waals surface area contributed by atoms with Crippen LogP contribution in [0.4, 0.5) is 0 Å². The largest absolute Gasteiger partial charge is 0.393 e. The molecule has 35 heavy (non-hydrogen) atoms. The Balaban J connectivity index is 1.42. The first-order valence-electron chi connectivity index (χ1n) is 13.6. The number of likely N-dealkylation sites (N-methyl/N-ethyl adjacent to an activating group) is 1. The van der Waals surface area contributed by atoms with Gasteiger partial charge in [0.1, 0.15) is 3.53 Å². The van der Waals surface area contributed by atoms with E-state index in [-0.39, 0.29) is 12.0 Å². The topological polar surface area (TPSA) is 52.6 Å². The molecule has 0 heterocycles. The van der Waals surface area contributed by atoms with E-state index in [1.807, 2.05) is 0 Å². The molecule has 7 heteroatoms. The standard InChI is InChI=1S/C28H46N2O2S3/c1-4-34-27(33)35-20-26(32)29-16-18-30(3)17-14-23-12-13-25-22(8-6-15-28(23,25)2)11-10-21-7-5-9-24(31)19-21/h10-11,23-25,31H,4-9,12-20H2,1-3H3,(H,29,32)/b21-10-,22-11+/t23-,24+,25?,28-/m1/s1. The molecular formula is C28H46N2O2S3. The molecule has 1 amide bonds. The summed E-state index contributed by atoms with van der Waals surface area (Å²) in [6, 6.07) is 0. The van der Waals surface area contributed by atoms with Gasteiger partial charge in [0.15, 0.2) is 0 Å². The Kier molecular flexibility index (Phi) is 12.2. The van der Waals surface area contributed by atoms with Crippen molar-refractivity contribution in [3.63, 3.8) is 0 Å². The third-order valence-electron chi connectivity index (χ3n) is 8.49. The van der Waals surface area contributed by atoms with E-state index < -0.39 is 0 Å². The number of allylic oxidation sites excluding steroid dienone is 3. The molecular weight excluding hydrogens is 493 g/mol. The third kappa shape index (κ3) is 8.87. The van der Waals surface area contributed by atoms with Crippen LogP contribution in [-0.4, -0.2) is 63.7 Å². The second kappa shape index (κ2) is 14.6. The van der Waals surface area contributed by atoms with E-state index in [0.29, 0.717) is 17.7 Å². The van der Waals surface area contributed by atoms with Crippen LogP contribution >= 0.6 is 35.7 Å². The first kappa shape index (κ1) is 29.2. The molecule has 0 spiro atoms. The number of nitrogens with zero attached hydrogens (tertiary/aromatic N) is 1. The highest BCUT2D eigenvalue weighted by atomic mass is 32.2. The predicted molar refractivity (Wildman–Crippen MR) is 157 cm³/mol. The quantitative estimate of drug-likeness (QED) is 0.323. The summed E-state index contributed by atoms with van der Waals surface area (Å²) in [6.07, 6.45) is 16.6. The number of amides is 1. The summed E-state index contributed by atoms with van der Waals surface area (Å²) >= 11 is 8.33. The lowest BCUT2D eigenvalue weighted by Gasteiger charge is -2.43. The van der Waals surface area contributed by atoms with E-state index in [0.717, 1.165) is 59.9 Å². The number of nitrogens with one attached hydrogen (secondary N) is 1. The maximum Gasteiger partial charge on any atom is 0.230 e. The van der Waals surface area contributed by atoms with Gasteiger partial charge < -0.3 is 15.3 Å². The number of carbonyl (C=O) groups is 1. The van der Waals surface area contributed by atoms with Crippen LogP contribution in [0.2, 0.25) is 0 Å². The number of carbonyl (C=O) groups excluding carboxylic acids is 1. The average molecular weight is 539 g/mol. The number of thioether (sulfide) groups is 2. The van der Waals surface area contributed by atoms with Crippen LogP contribution in [0.1, 0.15) is 78.1 Å². The van der Waals surface area contributed by atoms with Gasteiger partial charge in [-0.15, -0.1) is 11.8 Å². The van der Waals surface area contributed by atoms with Gasteiger partial charge in [0.05, 0.1) is 11.9 Å². The van der Waals surface area contributed by atoms with E-state index in [1.165, 1.54) is 55.9 Å². The fourth-order valence-electron chi connectivity index (χ4n) is 6.48. The minimum Gasteiger partial charge on any atom is -0.393 e. The van der Waals surface area contributed by atoms with Crippen molar-refractivity contribution < 1.29 is 9.90 Å². The van der Waals surface area contributed by atoms with E-state index in [4.69, 9.17) is 12.2 Å². The van der Waals surface area contributed by atoms with Crippen molar-refractivity contribution in [3.05, 3.63) is 23.3 Å². The van der Waals surface area contributed by atoms with Crippen LogP contribution in [0.5, 0.6) is 0 Å². The zero-order valence-corrected chi connectivity index (χ0v) is 24.5. The highest BCUT2D eigenvalue weighted by Crippen LogP contribution is 2.58. The van der Waals surface area contributed by atoms with Crippen LogP contribution in [0.15, 0.2) is 23.3 Å². The molecule has 3 aliphatic carbocycles. The molecule has 0 saturated heterocycles. The first-order valence-corrected chi connectivity index (χ1v) is 16.0. The monoisotopic (exact) mass is 538 g/mol. The van der Waals surface area contributed by atoms with E-state index in [9.17, 15) is 9.90 Å². The van der Waals surface area contributed by atoms with Gasteiger partial charge in [-0.3, -0.25) is 4.79 Å². The van der Waals surface area contributed by atoms with Crippen molar-refractivity contribution in [2.24, 2.45) is 17.3 Å². The number of hydrogen-bond acceptors (Lipinski definition) is 6. The number of thiocarbonyl (C=S) groups is 1. The molecule has 0 aromatic rings. The number of fused-ring (bicyclic) bond motifs is 1. The Morgan fingerprint density at radius 2 is 2.03 bits per heavy atom. The molecule has 1 unspecified atom stereocenters. The molecule has 3 aliphatic rings. The minimum atomic E-state index is -0.131. The summed E-state index contributed by atoms with van der Waals surface area (Å²) in [5.41, 5.74) is 3.53. The SMILES string of the molecule is CCSC(=S)SCC(=O)NCCN(C)CC[C@H]1CCC2/C(=C/C=C3/CCC[C@H](O)C3)CCC[C@@]21C. The Hall–Kier alpha value is -0.340. The average Bonchev–Trinajstić information content (AvgIpc) is 3.17. The summed E-state index contributed by atoms with van der Waals surface area (Å²) in [5, 5.41) is 13.0. The van der Waals surface area contributed by atoms with Gasteiger partial charge in [0, 0.05) is 13.1 Å². The Morgan fingerprint density at radius 1 is 1.20 bits per heavy atom. The van der Waals surface area contributed by atoms with Gasteiger partial charge >= 0.3 is 0 Å². The van der Waals surface area contributed by atoms with Crippen molar-refractivity contribution in [2.45, 2.75) is 84.2 Å². The fraction of sp³-hybridized carbons (Fsp3) is 0.786. The lowest BCUT2D eigenvalue weighted by atomic mass is 9.63. The van der Waals surface area contributed by atoms with E-state index in [1.54, 1.807) is 17.3 Å². The molecule has 4 atom stereocenters. The van der Waals surface area contributed by atoms with Gasteiger partial charge in [0.25, 0.3) is 0 Å². The molecule has 0 aromatic carbocycles. The van der Waals surface area contributed by atoms with Gasteiger partial charge in [-0.1, -0.05) is 61.1 Å². The molecule has 2 N–H and O–H groups in total. The van der Waals surface area contributed by atoms with Crippen molar-refractivity contribution in [3.8, 4) is 0 Å². The van der Waals surface area contributed by atoms with Gasteiger partial charge in [-0.25, -0.2) is 0 Å². The van der Waals surface area contributed by atoms with Crippen molar-refractivity contribution in [1.29, 1.82) is 0 Å². The fourth-order valence-corrected chi connectivity index (χ4v) is 8.46. The molecule has 3 rings (SSSR count). The third-order valence-corrected chi connectivity index (χ3v) is 11.1. The molecule has 0 aromatic heterocycles. The molecule has 0 radical (unpaired) electrons. The molecule has 4 nitrogen and oxygen atoms in total. The predicted octanol–water partition coefficient (Wildman–Crippen LogP) is 6.20. The zero-order valence-electron chi connectivity index (χ0n) is 22.0. The molecule has 3 fully saturated rings. The van der Waals surface area contributed by atoms with E-state index in [2.05, 4.69) is 43.3 Å². The Morgan fingerprint density at radius 3 is 2.80 bits per heavy atom. The number of aliphatic hydroxyl groups excluding tert-OH is 1. The van der Waals surface area contributed by atoms with Crippen molar-refractivity contribution in [2.75, 3.05) is 38.2 Å². The molecule has 198 valence electrons. The maximum absolute atomic E-state index is 12.1. The van der Waals surface area contributed by atoms with Crippen LogP contribution in [0, 0.1) is 17.3 Å². The smallest absolute Gasteiger partial charge is 0.230 e. The van der Waals surface area contributed by atoms with Gasteiger partial charge in [0.2, 0.25) is 5.91 Å². The van der Waals surface area contributed by atoms with Crippen molar-refractivity contribution in [1.82, 2.24) is 10.2 Å². The second-order valence-electron chi connectivity index (χ2n) is 10.9. The summed E-state index contributed by atoms with van der Waals surface area (Å²) in [6.45, 7) is 7.31.